The first-order chi connectivity index (χ1) is 29.4. The minimum atomic E-state index is -0.635. The molecule has 0 aliphatic carbocycles. The fraction of sp³-hybridized carbons (Fsp3) is 0.277. The smallest absolute Gasteiger partial charge is 0.347 e. The SMILES string of the molecule is COc1cc(OCCC(C)OC)ccc1C(=O)Oc1ccc(C(=O)Nc2ccc(NC(=O)c3ccc(OC(=O)c4ccc(OCCC(C)OC)cc4OC)cc3)c(C)c2)cc1. The van der Waals surface area contributed by atoms with Gasteiger partial charge < -0.3 is 48.5 Å². The quantitative estimate of drug-likeness (QED) is 0.0568. The second kappa shape index (κ2) is 21.9. The van der Waals surface area contributed by atoms with Crippen LogP contribution in [-0.2, 0) is 9.47 Å². The Balaban J connectivity index is 1.11. The van der Waals surface area contributed by atoms with Crippen LogP contribution >= 0.6 is 0 Å². The molecule has 2 N–H and O–H groups in total. The molecular weight excluding hydrogens is 785 g/mol. The van der Waals surface area contributed by atoms with E-state index < -0.39 is 11.9 Å². The molecule has 14 heteroatoms. The van der Waals surface area contributed by atoms with Gasteiger partial charge >= 0.3 is 11.9 Å². The third-order valence-electron chi connectivity index (χ3n) is 9.56. The molecule has 0 saturated heterocycles. The van der Waals surface area contributed by atoms with Crippen LogP contribution in [0, 0.1) is 6.92 Å². The van der Waals surface area contributed by atoms with Crippen molar-refractivity contribution in [2.45, 2.75) is 45.8 Å². The van der Waals surface area contributed by atoms with Gasteiger partial charge in [-0.3, -0.25) is 9.59 Å². The Morgan fingerprint density at radius 3 is 1.36 bits per heavy atom. The molecule has 0 saturated carbocycles. The molecule has 5 aromatic rings. The Morgan fingerprint density at radius 1 is 0.525 bits per heavy atom. The van der Waals surface area contributed by atoms with Crippen molar-refractivity contribution < 1.29 is 57.1 Å². The number of anilines is 2. The van der Waals surface area contributed by atoms with Crippen molar-refractivity contribution in [2.75, 3.05) is 52.3 Å². The first-order valence-corrected chi connectivity index (χ1v) is 19.5. The highest BCUT2D eigenvalue weighted by molar-refractivity contribution is 6.06. The van der Waals surface area contributed by atoms with E-state index in [0.717, 1.165) is 0 Å². The van der Waals surface area contributed by atoms with Gasteiger partial charge in [-0.15, -0.1) is 0 Å². The average molecular weight is 835 g/mol. The predicted molar refractivity (Wildman–Crippen MR) is 229 cm³/mol. The van der Waals surface area contributed by atoms with Crippen molar-refractivity contribution in [3.8, 4) is 34.5 Å². The van der Waals surface area contributed by atoms with Crippen LogP contribution in [0.4, 0.5) is 11.4 Å². The molecule has 5 aromatic carbocycles. The molecule has 0 aliphatic rings. The standard InChI is InChI=1S/C47H50N2O12/c1-29-26-34(48-44(50)32-8-13-35(14-9-32)60-46(52)39-19-17-37(27-42(39)56-6)58-24-22-30(2)54-4)12-21-41(29)49-45(51)33-10-15-36(16-11-33)61-47(53)40-20-18-38(28-43(40)57-7)59-25-23-31(3)55-5/h8-21,26-28,30-31H,22-25H2,1-7H3,(H,48,50)(H,49,51). The van der Waals surface area contributed by atoms with Gasteiger partial charge in [-0.2, -0.15) is 0 Å². The molecule has 0 heterocycles. The molecule has 0 fully saturated rings. The summed E-state index contributed by atoms with van der Waals surface area (Å²) in [6.45, 7) is 6.57. The molecule has 61 heavy (non-hydrogen) atoms. The van der Waals surface area contributed by atoms with Crippen molar-refractivity contribution in [3.05, 3.63) is 131 Å². The van der Waals surface area contributed by atoms with Crippen molar-refractivity contribution in [1.29, 1.82) is 0 Å². The van der Waals surface area contributed by atoms with Crippen LogP contribution in [0.25, 0.3) is 0 Å². The topological polar surface area (TPSA) is 166 Å². The lowest BCUT2D eigenvalue weighted by Crippen LogP contribution is -2.15. The molecular formula is C47H50N2O12. The summed E-state index contributed by atoms with van der Waals surface area (Å²) >= 11 is 0. The number of carbonyl (C=O) groups is 4. The number of methoxy groups -OCH3 is 4. The van der Waals surface area contributed by atoms with E-state index in [0.29, 0.717) is 77.1 Å². The third kappa shape index (κ3) is 12.8. The molecule has 14 nitrogen and oxygen atoms in total. The number of nitrogens with one attached hydrogen (secondary N) is 2. The van der Waals surface area contributed by atoms with E-state index in [4.69, 9.17) is 37.9 Å². The maximum Gasteiger partial charge on any atom is 0.347 e. The van der Waals surface area contributed by atoms with Crippen LogP contribution in [0.2, 0.25) is 0 Å². The van der Waals surface area contributed by atoms with Crippen molar-refractivity contribution >= 4 is 35.1 Å². The van der Waals surface area contributed by atoms with Crippen molar-refractivity contribution in [3.63, 3.8) is 0 Å². The van der Waals surface area contributed by atoms with Gasteiger partial charge in [-0.1, -0.05) is 0 Å². The van der Waals surface area contributed by atoms with E-state index in [9.17, 15) is 19.2 Å². The highest BCUT2D eigenvalue weighted by Crippen LogP contribution is 2.29. The average Bonchev–Trinajstić information content (AvgIpc) is 3.27. The van der Waals surface area contributed by atoms with Gasteiger partial charge in [0.05, 0.1) is 39.6 Å². The van der Waals surface area contributed by atoms with E-state index in [1.807, 2.05) is 13.8 Å². The first-order valence-electron chi connectivity index (χ1n) is 19.5. The third-order valence-corrected chi connectivity index (χ3v) is 9.56. The Labute approximate surface area is 355 Å². The molecule has 320 valence electrons. The number of aryl methyl sites for hydroxylation is 1. The van der Waals surface area contributed by atoms with Crippen LogP contribution in [0.15, 0.2) is 103 Å². The lowest BCUT2D eigenvalue weighted by molar-refractivity contribution is 0.0721. The highest BCUT2D eigenvalue weighted by atomic mass is 16.5. The summed E-state index contributed by atoms with van der Waals surface area (Å²) in [7, 11) is 6.19. The normalized spacial score (nSPS) is 11.7. The number of carbonyl (C=O) groups excluding carboxylic acids is 4. The van der Waals surface area contributed by atoms with Crippen LogP contribution in [0.1, 0.15) is 73.7 Å². The van der Waals surface area contributed by atoms with E-state index >= 15 is 0 Å². The van der Waals surface area contributed by atoms with Crippen molar-refractivity contribution in [2.24, 2.45) is 0 Å². The molecule has 0 aromatic heterocycles. The predicted octanol–water partition coefficient (Wildman–Crippen LogP) is 8.56. The van der Waals surface area contributed by atoms with E-state index in [2.05, 4.69) is 10.6 Å². The Morgan fingerprint density at radius 2 is 0.951 bits per heavy atom. The Kier molecular flexibility index (Phi) is 16.2. The number of amides is 2. The largest absolute Gasteiger partial charge is 0.496 e. The van der Waals surface area contributed by atoms with E-state index in [-0.39, 0.29) is 46.6 Å². The molecule has 0 bridgehead atoms. The number of hydrogen-bond acceptors (Lipinski definition) is 12. The fourth-order valence-corrected chi connectivity index (χ4v) is 5.73. The zero-order chi connectivity index (χ0) is 43.9. The van der Waals surface area contributed by atoms with E-state index in [1.54, 1.807) is 87.9 Å². The van der Waals surface area contributed by atoms with Gasteiger partial charge in [-0.05, 0) is 117 Å². The number of benzene rings is 5. The summed E-state index contributed by atoms with van der Waals surface area (Å²) in [5, 5.41) is 5.72. The zero-order valence-electron chi connectivity index (χ0n) is 35.2. The lowest BCUT2D eigenvalue weighted by Gasteiger charge is -2.13. The molecule has 2 amide bonds. The van der Waals surface area contributed by atoms with Crippen LogP contribution in [-0.4, -0.2) is 77.6 Å². The minimum absolute atomic E-state index is 0.0537. The highest BCUT2D eigenvalue weighted by Gasteiger charge is 2.19. The van der Waals surface area contributed by atoms with Gasteiger partial charge in [0, 0.05) is 61.7 Å². The number of rotatable bonds is 20. The van der Waals surface area contributed by atoms with Crippen LogP contribution in [0.3, 0.4) is 0 Å². The van der Waals surface area contributed by atoms with Gasteiger partial charge in [0.25, 0.3) is 11.8 Å². The minimum Gasteiger partial charge on any atom is -0.496 e. The number of esters is 2. The molecule has 0 radical (unpaired) electrons. The summed E-state index contributed by atoms with van der Waals surface area (Å²) in [6, 6.07) is 27.0. The second-order valence-corrected chi connectivity index (χ2v) is 13.9. The molecule has 0 spiro atoms. The number of ether oxygens (including phenoxy) is 8. The summed E-state index contributed by atoms with van der Waals surface area (Å²) < 4.78 is 43.9. The van der Waals surface area contributed by atoms with Gasteiger partial charge in [0.15, 0.2) is 0 Å². The Hall–Kier alpha value is -6.90. The Bertz CT molecular complexity index is 2290. The summed E-state index contributed by atoms with van der Waals surface area (Å²) in [4.78, 5) is 52.2. The molecule has 0 aliphatic heterocycles. The number of hydrogen-bond donors (Lipinski definition) is 2. The second-order valence-electron chi connectivity index (χ2n) is 13.9. The van der Waals surface area contributed by atoms with Gasteiger partial charge in [0.1, 0.15) is 45.6 Å². The van der Waals surface area contributed by atoms with Gasteiger partial charge in [0.2, 0.25) is 0 Å². The molecule has 5 rings (SSSR count). The van der Waals surface area contributed by atoms with Gasteiger partial charge in [-0.25, -0.2) is 9.59 Å². The summed E-state index contributed by atoms with van der Waals surface area (Å²) in [5.41, 5.74) is 2.82. The first kappa shape index (κ1) is 45.2. The van der Waals surface area contributed by atoms with Crippen LogP contribution < -0.4 is 39.1 Å². The maximum atomic E-state index is 13.1. The monoisotopic (exact) mass is 834 g/mol. The lowest BCUT2D eigenvalue weighted by atomic mass is 10.1. The molecule has 2 atom stereocenters. The maximum absolute atomic E-state index is 13.1. The van der Waals surface area contributed by atoms with Crippen LogP contribution in [0.5, 0.6) is 34.5 Å². The zero-order valence-corrected chi connectivity index (χ0v) is 35.2. The summed E-state index contributed by atoms with van der Waals surface area (Å²) in [5.74, 6) is 0.111. The fourth-order valence-electron chi connectivity index (χ4n) is 5.73. The molecule has 2 unspecified atom stereocenters. The van der Waals surface area contributed by atoms with E-state index in [1.165, 1.54) is 50.6 Å². The van der Waals surface area contributed by atoms with Crippen molar-refractivity contribution in [1.82, 2.24) is 0 Å². The summed E-state index contributed by atoms with van der Waals surface area (Å²) in [6.07, 6.45) is 1.51.